The second-order valence-corrected chi connectivity index (χ2v) is 7.38. The minimum absolute atomic E-state index is 0.187. The van der Waals surface area contributed by atoms with E-state index in [1.54, 1.807) is 0 Å². The largest absolute Gasteiger partial charge is 0.481 e. The Balaban J connectivity index is 1.57. The first-order chi connectivity index (χ1) is 11.5. The molecule has 24 heavy (non-hydrogen) atoms. The zero-order valence-corrected chi connectivity index (χ0v) is 14.0. The van der Waals surface area contributed by atoms with Gasteiger partial charge in [0.25, 0.3) is 0 Å². The average molecular weight is 331 g/mol. The third-order valence-corrected chi connectivity index (χ3v) is 5.65. The van der Waals surface area contributed by atoms with Crippen LogP contribution in [-0.4, -0.2) is 39.7 Å². The van der Waals surface area contributed by atoms with Crippen LogP contribution in [0.3, 0.4) is 0 Å². The Bertz CT molecular complexity index is 555. The van der Waals surface area contributed by atoms with Crippen molar-refractivity contribution in [3.05, 3.63) is 35.4 Å². The molecule has 1 aliphatic heterocycles. The minimum atomic E-state index is -1.28. The molecule has 1 unspecified atom stereocenters. The summed E-state index contributed by atoms with van der Waals surface area (Å²) in [5.74, 6) is -0.540. The number of carbonyl (C=O) groups is 1. The molecule has 3 rings (SSSR count). The fraction of sp³-hybridized carbons (Fsp3) is 0.611. The van der Waals surface area contributed by atoms with E-state index in [1.807, 2.05) is 0 Å². The van der Waals surface area contributed by atoms with E-state index in [-0.39, 0.29) is 11.8 Å². The third-order valence-electron chi connectivity index (χ3n) is 5.65. The SMILES string of the molecule is O=C(O)[C@H]1CC(CCB(O)O)CC[C@H]1CN1Cc2ccccc2C1. The van der Waals surface area contributed by atoms with Gasteiger partial charge in [-0.15, -0.1) is 0 Å². The van der Waals surface area contributed by atoms with Crippen LogP contribution in [0.2, 0.25) is 6.32 Å². The summed E-state index contributed by atoms with van der Waals surface area (Å²) in [7, 11) is -1.28. The Labute approximate surface area is 143 Å². The van der Waals surface area contributed by atoms with Crippen LogP contribution in [0.4, 0.5) is 0 Å². The maximum atomic E-state index is 11.7. The number of fused-ring (bicyclic) bond motifs is 1. The molecule has 0 radical (unpaired) electrons. The van der Waals surface area contributed by atoms with E-state index in [1.165, 1.54) is 11.1 Å². The Kier molecular flexibility index (Phi) is 5.59. The zero-order chi connectivity index (χ0) is 17.1. The number of aliphatic carboxylic acids is 1. The molecule has 3 N–H and O–H groups in total. The normalized spacial score (nSPS) is 27.0. The van der Waals surface area contributed by atoms with Gasteiger partial charge in [-0.25, -0.2) is 0 Å². The van der Waals surface area contributed by atoms with Gasteiger partial charge in [0, 0.05) is 19.6 Å². The van der Waals surface area contributed by atoms with Gasteiger partial charge in [0.05, 0.1) is 5.92 Å². The molecule has 1 aromatic carbocycles. The van der Waals surface area contributed by atoms with Gasteiger partial charge in [-0.05, 0) is 42.1 Å². The van der Waals surface area contributed by atoms with Crippen LogP contribution in [0.1, 0.15) is 36.8 Å². The van der Waals surface area contributed by atoms with Crippen LogP contribution >= 0.6 is 0 Å². The zero-order valence-electron chi connectivity index (χ0n) is 14.0. The fourth-order valence-corrected chi connectivity index (χ4v) is 4.35. The molecule has 1 fully saturated rings. The third kappa shape index (κ3) is 4.18. The van der Waals surface area contributed by atoms with Crippen LogP contribution in [0, 0.1) is 17.8 Å². The standard InChI is InChI=1S/C18H26BNO4/c21-18(22)17-9-13(7-8-19(23)24)5-6-16(17)12-20-10-14-3-1-2-4-15(14)11-20/h1-4,13,16-17,23-24H,5-12H2,(H,21,22)/t13?,16-,17-/m0/s1. The number of carboxylic acids is 1. The molecule has 0 saturated heterocycles. The van der Waals surface area contributed by atoms with E-state index in [0.717, 1.165) is 32.5 Å². The second-order valence-electron chi connectivity index (χ2n) is 7.38. The van der Waals surface area contributed by atoms with Crippen molar-refractivity contribution in [3.8, 4) is 0 Å². The number of hydrogen-bond acceptors (Lipinski definition) is 4. The number of carboxylic acid groups (broad SMARTS) is 1. The molecule has 1 heterocycles. The lowest BCUT2D eigenvalue weighted by Crippen LogP contribution is -2.37. The summed E-state index contributed by atoms with van der Waals surface area (Å²) in [6.45, 7) is 2.67. The van der Waals surface area contributed by atoms with Crippen molar-refractivity contribution in [2.45, 2.75) is 45.1 Å². The number of benzene rings is 1. The van der Waals surface area contributed by atoms with Crippen molar-refractivity contribution in [2.75, 3.05) is 6.54 Å². The Morgan fingerprint density at radius 1 is 1.17 bits per heavy atom. The van der Waals surface area contributed by atoms with E-state index in [2.05, 4.69) is 29.2 Å². The summed E-state index contributed by atoms with van der Waals surface area (Å²) >= 11 is 0. The highest BCUT2D eigenvalue weighted by Crippen LogP contribution is 2.38. The van der Waals surface area contributed by atoms with Crippen LogP contribution in [-0.2, 0) is 17.9 Å². The molecule has 1 saturated carbocycles. The van der Waals surface area contributed by atoms with Crippen LogP contribution in [0.25, 0.3) is 0 Å². The monoisotopic (exact) mass is 331 g/mol. The van der Waals surface area contributed by atoms with E-state index in [0.29, 0.717) is 25.1 Å². The predicted molar refractivity (Wildman–Crippen MR) is 92.1 cm³/mol. The quantitative estimate of drug-likeness (QED) is 0.695. The summed E-state index contributed by atoms with van der Waals surface area (Å²) in [5.41, 5.74) is 2.71. The lowest BCUT2D eigenvalue weighted by molar-refractivity contribution is -0.146. The maximum Gasteiger partial charge on any atom is 0.451 e. The number of nitrogens with zero attached hydrogens (tertiary/aromatic N) is 1. The lowest BCUT2D eigenvalue weighted by Gasteiger charge is -2.36. The first kappa shape index (κ1) is 17.5. The van der Waals surface area contributed by atoms with Crippen LogP contribution in [0.5, 0.6) is 0 Å². The lowest BCUT2D eigenvalue weighted by atomic mass is 9.70. The van der Waals surface area contributed by atoms with Gasteiger partial charge in [0.1, 0.15) is 0 Å². The molecule has 2 aliphatic rings. The molecular weight excluding hydrogens is 305 g/mol. The molecular formula is C18H26BNO4. The summed E-state index contributed by atoms with van der Waals surface area (Å²) < 4.78 is 0. The second kappa shape index (κ2) is 7.68. The minimum Gasteiger partial charge on any atom is -0.481 e. The molecule has 0 amide bonds. The summed E-state index contributed by atoms with van der Waals surface area (Å²) in [6, 6.07) is 8.43. The van der Waals surface area contributed by atoms with Gasteiger partial charge in [-0.1, -0.05) is 37.1 Å². The van der Waals surface area contributed by atoms with Crippen molar-refractivity contribution in [3.63, 3.8) is 0 Å². The van der Waals surface area contributed by atoms with E-state index < -0.39 is 13.1 Å². The van der Waals surface area contributed by atoms with Gasteiger partial charge in [0.15, 0.2) is 0 Å². The molecule has 3 atom stereocenters. The van der Waals surface area contributed by atoms with Crippen LogP contribution in [0.15, 0.2) is 24.3 Å². The molecule has 130 valence electrons. The highest BCUT2D eigenvalue weighted by molar-refractivity contribution is 6.40. The van der Waals surface area contributed by atoms with Crippen LogP contribution < -0.4 is 0 Å². The smallest absolute Gasteiger partial charge is 0.451 e. The molecule has 0 spiro atoms. The molecule has 1 aliphatic carbocycles. The molecule has 0 aromatic heterocycles. The van der Waals surface area contributed by atoms with E-state index >= 15 is 0 Å². The van der Waals surface area contributed by atoms with Gasteiger partial charge < -0.3 is 15.2 Å². The topological polar surface area (TPSA) is 81.0 Å². The first-order valence-corrected chi connectivity index (χ1v) is 8.91. The van der Waals surface area contributed by atoms with E-state index in [4.69, 9.17) is 10.0 Å². The molecule has 1 aromatic rings. The van der Waals surface area contributed by atoms with Gasteiger partial charge in [0.2, 0.25) is 0 Å². The highest BCUT2D eigenvalue weighted by Gasteiger charge is 2.37. The number of rotatable bonds is 6. The number of hydrogen-bond donors (Lipinski definition) is 3. The van der Waals surface area contributed by atoms with Crippen molar-refractivity contribution in [2.24, 2.45) is 17.8 Å². The highest BCUT2D eigenvalue weighted by atomic mass is 16.4. The van der Waals surface area contributed by atoms with Gasteiger partial charge in [-0.2, -0.15) is 0 Å². The average Bonchev–Trinajstić information content (AvgIpc) is 2.95. The maximum absolute atomic E-state index is 11.7. The predicted octanol–water partition coefficient (Wildman–Crippen LogP) is 1.98. The van der Waals surface area contributed by atoms with Crippen molar-refractivity contribution < 1.29 is 19.9 Å². The van der Waals surface area contributed by atoms with Crippen molar-refractivity contribution in [1.29, 1.82) is 0 Å². The summed E-state index contributed by atoms with van der Waals surface area (Å²) in [4.78, 5) is 14.1. The fourth-order valence-electron chi connectivity index (χ4n) is 4.35. The first-order valence-electron chi connectivity index (χ1n) is 8.91. The van der Waals surface area contributed by atoms with Gasteiger partial charge >= 0.3 is 13.1 Å². The molecule has 0 bridgehead atoms. The molecule has 6 heteroatoms. The van der Waals surface area contributed by atoms with Crippen molar-refractivity contribution in [1.82, 2.24) is 4.90 Å². The summed E-state index contributed by atoms with van der Waals surface area (Å²) in [6.07, 6.45) is 3.60. The molecule has 5 nitrogen and oxygen atoms in total. The Morgan fingerprint density at radius 3 is 2.42 bits per heavy atom. The summed E-state index contributed by atoms with van der Waals surface area (Å²) in [5, 5.41) is 27.7. The van der Waals surface area contributed by atoms with Gasteiger partial charge in [-0.3, -0.25) is 9.69 Å². The van der Waals surface area contributed by atoms with E-state index in [9.17, 15) is 9.90 Å². The Morgan fingerprint density at radius 2 is 1.83 bits per heavy atom. The Hall–Kier alpha value is -1.37. The van der Waals surface area contributed by atoms with Crippen molar-refractivity contribution >= 4 is 13.1 Å².